The molecule has 0 aliphatic carbocycles. The summed E-state index contributed by atoms with van der Waals surface area (Å²) in [4.78, 5) is 0. The first-order valence-electron chi connectivity index (χ1n) is 7.46. The van der Waals surface area contributed by atoms with Gasteiger partial charge in [0.15, 0.2) is 5.11 Å². The van der Waals surface area contributed by atoms with Crippen LogP contribution in [-0.4, -0.2) is 5.11 Å². The van der Waals surface area contributed by atoms with E-state index >= 15 is 0 Å². The molecule has 0 aliphatic rings. The molecule has 5 heteroatoms. The maximum atomic E-state index is 13.2. The van der Waals surface area contributed by atoms with Crippen LogP contribution in [0.2, 0.25) is 5.02 Å². The zero-order chi connectivity index (χ0) is 17.0. The van der Waals surface area contributed by atoms with Crippen molar-refractivity contribution in [2.24, 2.45) is 5.92 Å². The van der Waals surface area contributed by atoms with Crippen LogP contribution in [0.4, 0.5) is 10.1 Å². The summed E-state index contributed by atoms with van der Waals surface area (Å²) in [5.74, 6) is -0.0938. The Labute approximate surface area is 147 Å². The number of hydrogen-bond acceptors (Lipinski definition) is 1. The molecule has 0 amide bonds. The Hall–Kier alpha value is -1.65. The van der Waals surface area contributed by atoms with Gasteiger partial charge in [0.05, 0.1) is 11.1 Å². The Morgan fingerprint density at radius 1 is 1.17 bits per heavy atom. The predicted octanol–water partition coefficient (Wildman–Crippen LogP) is 5.47. The highest BCUT2D eigenvalue weighted by Crippen LogP contribution is 2.25. The van der Waals surface area contributed by atoms with Crippen LogP contribution in [0.15, 0.2) is 42.5 Å². The molecule has 0 aromatic heterocycles. The van der Waals surface area contributed by atoms with E-state index in [0.29, 0.717) is 16.7 Å². The first kappa shape index (κ1) is 17.7. The molecule has 2 aromatic rings. The maximum Gasteiger partial charge on any atom is 0.171 e. The molecule has 0 radical (unpaired) electrons. The average Bonchev–Trinajstić information content (AvgIpc) is 2.49. The van der Waals surface area contributed by atoms with Crippen LogP contribution in [0.25, 0.3) is 0 Å². The van der Waals surface area contributed by atoms with E-state index in [1.165, 1.54) is 23.3 Å². The number of nitrogens with one attached hydrogen (secondary N) is 2. The van der Waals surface area contributed by atoms with Crippen molar-refractivity contribution < 1.29 is 4.39 Å². The van der Waals surface area contributed by atoms with Gasteiger partial charge in [-0.25, -0.2) is 4.39 Å². The molecule has 0 bridgehead atoms. The van der Waals surface area contributed by atoms with E-state index in [2.05, 4.69) is 43.5 Å². The molecule has 2 aromatic carbocycles. The van der Waals surface area contributed by atoms with E-state index < -0.39 is 5.82 Å². The molecule has 2 nitrogen and oxygen atoms in total. The first-order chi connectivity index (χ1) is 10.9. The maximum absolute atomic E-state index is 13.2. The minimum Gasteiger partial charge on any atom is -0.355 e. The summed E-state index contributed by atoms with van der Waals surface area (Å²) in [5.41, 5.74) is 3.08. The topological polar surface area (TPSA) is 24.1 Å². The number of halogens is 2. The molecule has 0 heterocycles. The summed E-state index contributed by atoms with van der Waals surface area (Å²) in [6, 6.07) is 12.8. The van der Waals surface area contributed by atoms with Gasteiger partial charge in [-0.2, -0.15) is 0 Å². The van der Waals surface area contributed by atoms with Gasteiger partial charge in [0.25, 0.3) is 0 Å². The molecule has 122 valence electrons. The fraction of sp³-hybridized carbons (Fsp3) is 0.278. The standard InChI is InChI=1S/C18H20ClFN2S/c1-11(2)17(14-7-5-4-6-12(14)3)22-18(23)21-13-8-9-16(20)15(19)10-13/h4-11,17H,1-3H3,(H2,21,22,23)/t17-/m1/s1. The minimum absolute atomic E-state index is 0.0668. The SMILES string of the molecule is Cc1ccccc1[C@H](NC(=S)Nc1ccc(F)c(Cl)c1)C(C)C. The average molecular weight is 351 g/mol. The van der Waals surface area contributed by atoms with Crippen molar-refractivity contribution in [3.05, 3.63) is 64.4 Å². The molecule has 2 N–H and O–H groups in total. The fourth-order valence-corrected chi connectivity index (χ4v) is 2.85. The molecule has 0 unspecified atom stereocenters. The van der Waals surface area contributed by atoms with E-state index in [0.717, 1.165) is 0 Å². The Kier molecular flexibility index (Phi) is 5.97. The van der Waals surface area contributed by atoms with Gasteiger partial charge in [0, 0.05) is 5.69 Å². The third-order valence-electron chi connectivity index (χ3n) is 3.65. The van der Waals surface area contributed by atoms with Crippen molar-refractivity contribution >= 4 is 34.6 Å². The van der Waals surface area contributed by atoms with E-state index in [9.17, 15) is 4.39 Å². The van der Waals surface area contributed by atoms with Crippen LogP contribution in [-0.2, 0) is 0 Å². The van der Waals surface area contributed by atoms with Crippen LogP contribution >= 0.6 is 23.8 Å². The lowest BCUT2D eigenvalue weighted by molar-refractivity contribution is 0.471. The first-order valence-corrected chi connectivity index (χ1v) is 8.25. The third-order valence-corrected chi connectivity index (χ3v) is 4.16. The second kappa shape index (κ2) is 7.75. The predicted molar refractivity (Wildman–Crippen MR) is 99.5 cm³/mol. The Morgan fingerprint density at radius 2 is 1.87 bits per heavy atom. The number of thiocarbonyl (C=S) groups is 1. The molecule has 23 heavy (non-hydrogen) atoms. The van der Waals surface area contributed by atoms with Crippen LogP contribution in [0.3, 0.4) is 0 Å². The van der Waals surface area contributed by atoms with E-state index in [1.807, 2.05) is 12.1 Å². The molecule has 1 atom stereocenters. The summed E-state index contributed by atoms with van der Waals surface area (Å²) in [5, 5.41) is 6.94. The molecule has 0 saturated heterocycles. The summed E-state index contributed by atoms with van der Waals surface area (Å²) in [6.45, 7) is 6.37. The highest BCUT2D eigenvalue weighted by molar-refractivity contribution is 7.80. The number of benzene rings is 2. The summed E-state index contributed by atoms with van der Waals surface area (Å²) in [6.07, 6.45) is 0. The summed E-state index contributed by atoms with van der Waals surface area (Å²) < 4.78 is 13.2. The van der Waals surface area contributed by atoms with Crippen molar-refractivity contribution in [1.82, 2.24) is 5.32 Å². The second-order valence-corrected chi connectivity index (χ2v) is 6.62. The molecule has 2 rings (SSSR count). The minimum atomic E-state index is -0.448. The summed E-state index contributed by atoms with van der Waals surface area (Å²) in [7, 11) is 0. The van der Waals surface area contributed by atoms with Crippen LogP contribution in [0.5, 0.6) is 0 Å². The Balaban J connectivity index is 2.12. The number of hydrogen-bond donors (Lipinski definition) is 2. The van der Waals surface area contributed by atoms with Gasteiger partial charge >= 0.3 is 0 Å². The smallest absolute Gasteiger partial charge is 0.171 e. The lowest BCUT2D eigenvalue weighted by Crippen LogP contribution is -2.35. The highest BCUT2D eigenvalue weighted by atomic mass is 35.5. The number of anilines is 1. The van der Waals surface area contributed by atoms with E-state index in [-0.39, 0.29) is 11.1 Å². The van der Waals surface area contributed by atoms with Gasteiger partial charge in [-0.3, -0.25) is 0 Å². The molecular formula is C18H20ClFN2S. The quantitative estimate of drug-likeness (QED) is 0.715. The monoisotopic (exact) mass is 350 g/mol. The van der Waals surface area contributed by atoms with Gasteiger partial charge in [-0.1, -0.05) is 49.7 Å². The fourth-order valence-electron chi connectivity index (χ4n) is 2.42. The Morgan fingerprint density at radius 3 is 2.48 bits per heavy atom. The van der Waals surface area contributed by atoms with Crippen LogP contribution < -0.4 is 10.6 Å². The van der Waals surface area contributed by atoms with Crippen molar-refractivity contribution in [3.63, 3.8) is 0 Å². The van der Waals surface area contributed by atoms with Crippen molar-refractivity contribution in [2.45, 2.75) is 26.8 Å². The van der Waals surface area contributed by atoms with E-state index in [4.69, 9.17) is 23.8 Å². The molecule has 0 fully saturated rings. The number of rotatable bonds is 4. The van der Waals surface area contributed by atoms with E-state index in [1.54, 1.807) is 6.07 Å². The van der Waals surface area contributed by atoms with Gasteiger partial charge in [0.1, 0.15) is 5.82 Å². The summed E-state index contributed by atoms with van der Waals surface area (Å²) >= 11 is 11.2. The Bertz CT molecular complexity index is 703. The third kappa shape index (κ3) is 4.66. The zero-order valence-electron chi connectivity index (χ0n) is 13.4. The van der Waals surface area contributed by atoms with Gasteiger partial charge in [0.2, 0.25) is 0 Å². The van der Waals surface area contributed by atoms with Gasteiger partial charge in [-0.15, -0.1) is 0 Å². The van der Waals surface area contributed by atoms with Gasteiger partial charge in [-0.05, 0) is 54.4 Å². The number of aryl methyl sites for hydroxylation is 1. The molecular weight excluding hydrogens is 331 g/mol. The normalized spacial score (nSPS) is 12.1. The largest absolute Gasteiger partial charge is 0.355 e. The van der Waals surface area contributed by atoms with Crippen LogP contribution in [0.1, 0.15) is 31.0 Å². The molecule has 0 spiro atoms. The van der Waals surface area contributed by atoms with Crippen molar-refractivity contribution in [2.75, 3.05) is 5.32 Å². The highest BCUT2D eigenvalue weighted by Gasteiger charge is 2.18. The second-order valence-electron chi connectivity index (χ2n) is 5.81. The lowest BCUT2D eigenvalue weighted by atomic mass is 9.93. The molecule has 0 saturated carbocycles. The van der Waals surface area contributed by atoms with Gasteiger partial charge < -0.3 is 10.6 Å². The van der Waals surface area contributed by atoms with Crippen LogP contribution in [0, 0.1) is 18.7 Å². The lowest BCUT2D eigenvalue weighted by Gasteiger charge is -2.26. The van der Waals surface area contributed by atoms with Crippen molar-refractivity contribution in [1.29, 1.82) is 0 Å². The zero-order valence-corrected chi connectivity index (χ0v) is 14.9. The van der Waals surface area contributed by atoms with Crippen molar-refractivity contribution in [3.8, 4) is 0 Å². The molecule has 0 aliphatic heterocycles.